The molecular weight excluding hydrogens is 250 g/mol. The van der Waals surface area contributed by atoms with Gasteiger partial charge in [-0.25, -0.2) is 4.98 Å². The van der Waals surface area contributed by atoms with Gasteiger partial charge in [-0.3, -0.25) is 9.20 Å². The smallest absolute Gasteiger partial charge is 0.272 e. The number of aromatic nitrogens is 2. The van der Waals surface area contributed by atoms with Gasteiger partial charge in [-0.1, -0.05) is 0 Å². The molecule has 1 fully saturated rings. The van der Waals surface area contributed by atoms with Crippen LogP contribution in [-0.4, -0.2) is 46.5 Å². The number of imidazole rings is 1. The highest BCUT2D eigenvalue weighted by Gasteiger charge is 2.25. The van der Waals surface area contributed by atoms with Crippen LogP contribution in [0.4, 0.5) is 0 Å². The Morgan fingerprint density at radius 2 is 2.11 bits per heavy atom. The molecule has 1 aliphatic heterocycles. The number of ether oxygens (including phenoxy) is 1. The standard InChI is InChI=1S/C12H15N3O2S/c1-8-7-18-12-13-9(2)10(15(8)12)11(16)14-3-5-17-6-4-14/h7H,3-6H2,1-2H3. The fraction of sp³-hybridized carbons (Fsp3) is 0.500. The largest absolute Gasteiger partial charge is 0.378 e. The van der Waals surface area contributed by atoms with Gasteiger partial charge < -0.3 is 9.64 Å². The van der Waals surface area contributed by atoms with Gasteiger partial charge in [0.05, 0.1) is 18.9 Å². The number of fused-ring (bicyclic) bond motifs is 1. The summed E-state index contributed by atoms with van der Waals surface area (Å²) in [6.07, 6.45) is 0. The average Bonchev–Trinajstić information content (AvgIpc) is 2.89. The summed E-state index contributed by atoms with van der Waals surface area (Å²) < 4.78 is 7.24. The number of hydrogen-bond donors (Lipinski definition) is 0. The Labute approximate surface area is 109 Å². The summed E-state index contributed by atoms with van der Waals surface area (Å²) in [5.41, 5.74) is 2.57. The molecule has 96 valence electrons. The van der Waals surface area contributed by atoms with E-state index in [1.807, 2.05) is 28.5 Å². The van der Waals surface area contributed by atoms with Crippen molar-refractivity contribution < 1.29 is 9.53 Å². The van der Waals surface area contributed by atoms with Crippen molar-refractivity contribution in [2.45, 2.75) is 13.8 Å². The second-order valence-corrected chi connectivity index (χ2v) is 5.28. The molecule has 5 nitrogen and oxygen atoms in total. The van der Waals surface area contributed by atoms with Crippen LogP contribution < -0.4 is 0 Å². The summed E-state index contributed by atoms with van der Waals surface area (Å²) in [6.45, 7) is 6.46. The first-order chi connectivity index (χ1) is 8.68. The van der Waals surface area contributed by atoms with E-state index >= 15 is 0 Å². The van der Waals surface area contributed by atoms with E-state index < -0.39 is 0 Å². The summed E-state index contributed by atoms with van der Waals surface area (Å²) in [4.78, 5) is 19.7. The highest BCUT2D eigenvalue weighted by molar-refractivity contribution is 7.15. The lowest BCUT2D eigenvalue weighted by molar-refractivity contribution is 0.0297. The van der Waals surface area contributed by atoms with Crippen molar-refractivity contribution in [2.75, 3.05) is 26.3 Å². The van der Waals surface area contributed by atoms with Crippen LogP contribution in [0.15, 0.2) is 5.38 Å². The van der Waals surface area contributed by atoms with Gasteiger partial charge in [-0.05, 0) is 13.8 Å². The summed E-state index contributed by atoms with van der Waals surface area (Å²) in [5, 5.41) is 2.03. The maximum absolute atomic E-state index is 12.6. The lowest BCUT2D eigenvalue weighted by Gasteiger charge is -2.26. The molecule has 18 heavy (non-hydrogen) atoms. The maximum atomic E-state index is 12.6. The van der Waals surface area contributed by atoms with Crippen molar-refractivity contribution in [1.29, 1.82) is 0 Å². The van der Waals surface area contributed by atoms with Crippen LogP contribution >= 0.6 is 11.3 Å². The average molecular weight is 265 g/mol. The van der Waals surface area contributed by atoms with Gasteiger partial charge in [0.1, 0.15) is 5.69 Å². The van der Waals surface area contributed by atoms with Crippen LogP contribution in [0, 0.1) is 13.8 Å². The van der Waals surface area contributed by atoms with Crippen LogP contribution in [-0.2, 0) is 4.74 Å². The van der Waals surface area contributed by atoms with Gasteiger partial charge in [0.25, 0.3) is 5.91 Å². The molecule has 0 radical (unpaired) electrons. The third-order valence-corrected chi connectivity index (χ3v) is 4.15. The normalized spacial score (nSPS) is 16.4. The quantitative estimate of drug-likeness (QED) is 0.784. The van der Waals surface area contributed by atoms with Gasteiger partial charge in [0.2, 0.25) is 0 Å². The van der Waals surface area contributed by atoms with Crippen molar-refractivity contribution in [2.24, 2.45) is 0 Å². The molecule has 0 bridgehead atoms. The van der Waals surface area contributed by atoms with E-state index in [2.05, 4.69) is 4.98 Å². The predicted octanol–water partition coefficient (Wildman–Crippen LogP) is 1.49. The second kappa shape index (κ2) is 4.37. The van der Waals surface area contributed by atoms with E-state index in [4.69, 9.17) is 4.74 Å². The second-order valence-electron chi connectivity index (χ2n) is 4.45. The molecule has 0 unspecified atom stereocenters. The van der Waals surface area contributed by atoms with Gasteiger partial charge in [-0.2, -0.15) is 0 Å². The summed E-state index contributed by atoms with van der Waals surface area (Å²) in [6, 6.07) is 0. The Hall–Kier alpha value is -1.40. The van der Waals surface area contributed by atoms with Crippen molar-refractivity contribution in [3.63, 3.8) is 0 Å². The van der Waals surface area contributed by atoms with Gasteiger partial charge in [-0.15, -0.1) is 11.3 Å². The maximum Gasteiger partial charge on any atom is 0.272 e. The first kappa shape index (κ1) is 11.7. The van der Waals surface area contributed by atoms with E-state index in [0.717, 1.165) is 16.3 Å². The molecule has 1 saturated heterocycles. The molecule has 6 heteroatoms. The molecule has 3 heterocycles. The third kappa shape index (κ3) is 1.72. The van der Waals surface area contributed by atoms with Crippen LogP contribution in [0.25, 0.3) is 4.96 Å². The van der Waals surface area contributed by atoms with Gasteiger partial charge in [0, 0.05) is 24.2 Å². The van der Waals surface area contributed by atoms with Crippen molar-refractivity contribution in [3.8, 4) is 0 Å². The number of carbonyl (C=O) groups excluding carboxylic acids is 1. The van der Waals surface area contributed by atoms with Crippen LogP contribution in [0.3, 0.4) is 0 Å². The predicted molar refractivity (Wildman–Crippen MR) is 69.3 cm³/mol. The van der Waals surface area contributed by atoms with Crippen LogP contribution in [0.5, 0.6) is 0 Å². The SMILES string of the molecule is Cc1nc2scc(C)n2c1C(=O)N1CCOCC1. The zero-order chi connectivity index (χ0) is 12.7. The number of nitrogens with zero attached hydrogens (tertiary/aromatic N) is 3. The fourth-order valence-electron chi connectivity index (χ4n) is 2.27. The zero-order valence-corrected chi connectivity index (χ0v) is 11.3. The molecule has 2 aromatic rings. The molecule has 0 N–H and O–H groups in total. The van der Waals surface area contributed by atoms with Gasteiger partial charge in [0.15, 0.2) is 4.96 Å². The number of carbonyl (C=O) groups is 1. The number of amides is 1. The highest BCUT2D eigenvalue weighted by Crippen LogP contribution is 2.21. The Morgan fingerprint density at radius 1 is 1.39 bits per heavy atom. The molecule has 0 spiro atoms. The fourth-order valence-corrected chi connectivity index (χ4v) is 3.18. The molecule has 0 saturated carbocycles. The van der Waals surface area contributed by atoms with E-state index in [-0.39, 0.29) is 5.91 Å². The van der Waals surface area contributed by atoms with Crippen LogP contribution in [0.1, 0.15) is 21.9 Å². The number of aryl methyl sites for hydroxylation is 2. The summed E-state index contributed by atoms with van der Waals surface area (Å²) in [5.74, 6) is 0.0600. The molecular formula is C12H15N3O2S. The summed E-state index contributed by atoms with van der Waals surface area (Å²) in [7, 11) is 0. The Kier molecular flexibility index (Phi) is 2.83. The summed E-state index contributed by atoms with van der Waals surface area (Å²) >= 11 is 1.57. The molecule has 1 aliphatic rings. The minimum Gasteiger partial charge on any atom is -0.378 e. The first-order valence-electron chi connectivity index (χ1n) is 5.98. The number of thiazole rings is 1. The molecule has 2 aromatic heterocycles. The van der Waals surface area contributed by atoms with E-state index in [1.54, 1.807) is 11.3 Å². The first-order valence-corrected chi connectivity index (χ1v) is 6.86. The lowest BCUT2D eigenvalue weighted by atomic mass is 10.2. The van der Waals surface area contributed by atoms with Crippen molar-refractivity contribution in [1.82, 2.24) is 14.3 Å². The number of morpholine rings is 1. The minimum absolute atomic E-state index is 0.0600. The van der Waals surface area contributed by atoms with E-state index in [9.17, 15) is 4.79 Å². The van der Waals surface area contributed by atoms with E-state index in [0.29, 0.717) is 32.0 Å². The topological polar surface area (TPSA) is 46.8 Å². The van der Waals surface area contributed by atoms with E-state index in [1.165, 1.54) is 0 Å². The zero-order valence-electron chi connectivity index (χ0n) is 10.5. The van der Waals surface area contributed by atoms with Gasteiger partial charge >= 0.3 is 0 Å². The molecule has 0 aliphatic carbocycles. The lowest BCUT2D eigenvalue weighted by Crippen LogP contribution is -2.41. The Morgan fingerprint density at radius 3 is 2.83 bits per heavy atom. The molecule has 0 atom stereocenters. The Bertz CT molecular complexity index is 596. The molecule has 0 aromatic carbocycles. The monoisotopic (exact) mass is 265 g/mol. The molecule has 3 rings (SSSR count). The number of rotatable bonds is 1. The highest BCUT2D eigenvalue weighted by atomic mass is 32.1. The van der Waals surface area contributed by atoms with Crippen molar-refractivity contribution in [3.05, 3.63) is 22.5 Å². The minimum atomic E-state index is 0.0600. The van der Waals surface area contributed by atoms with Crippen molar-refractivity contribution >= 4 is 22.2 Å². The third-order valence-electron chi connectivity index (χ3n) is 3.21. The van der Waals surface area contributed by atoms with Crippen LogP contribution in [0.2, 0.25) is 0 Å². The molecule has 1 amide bonds. The Balaban J connectivity index is 2.04. The number of hydrogen-bond acceptors (Lipinski definition) is 4.